The number of nitrogens with two attached hydrogens (primary N) is 1. The third kappa shape index (κ3) is 17.8. The van der Waals surface area contributed by atoms with Gasteiger partial charge in [-0.25, -0.2) is 35.6 Å². The molecule has 2 saturated carbocycles. The molecule has 0 saturated heterocycles. The molecular formula is C77H69Cl2F12N11O9S2. The van der Waals surface area contributed by atoms with Gasteiger partial charge in [0.05, 0.1) is 61.4 Å². The lowest BCUT2D eigenvalue weighted by atomic mass is 9.86. The zero-order valence-electron chi connectivity index (χ0n) is 61.0. The molecule has 10 aromatic rings. The molecule has 0 amide bonds. The molecule has 6 atom stereocenters. The molecule has 0 aliphatic heterocycles. The molecule has 20 nitrogen and oxygen atoms in total. The van der Waals surface area contributed by atoms with Gasteiger partial charge in [0.2, 0.25) is 0 Å². The van der Waals surface area contributed by atoms with Gasteiger partial charge in [-0.3, -0.25) is 28.3 Å². The largest absolute Gasteiger partial charge is 0.480 e. The van der Waals surface area contributed by atoms with Gasteiger partial charge in [-0.2, -0.15) is 64.3 Å². The van der Waals surface area contributed by atoms with E-state index in [1.54, 1.807) is 87.2 Å². The van der Waals surface area contributed by atoms with Crippen molar-refractivity contribution in [2.45, 2.75) is 144 Å². The molecule has 5 N–H and O–H groups in total. The van der Waals surface area contributed by atoms with Gasteiger partial charge in [-0.1, -0.05) is 71.4 Å². The first-order valence-electron chi connectivity index (χ1n) is 34.6. The van der Waals surface area contributed by atoms with Crippen LogP contribution in [0.2, 0.25) is 10.0 Å². The van der Waals surface area contributed by atoms with E-state index in [1.165, 1.54) is 48.9 Å². The molecule has 6 heterocycles. The second kappa shape index (κ2) is 29.9. The summed E-state index contributed by atoms with van der Waals surface area (Å²) in [4.78, 5) is 34.1. The van der Waals surface area contributed by atoms with E-state index in [9.17, 15) is 80.5 Å². The lowest BCUT2D eigenvalue weighted by Gasteiger charge is -2.21. The van der Waals surface area contributed by atoms with E-state index in [-0.39, 0.29) is 57.6 Å². The molecule has 4 aliphatic rings. The number of Topliss-reactive ketones (excluding diaryl/α,β-unsaturated/α-hetero) is 1. The number of pyridine rings is 2. The molecule has 0 spiro atoms. The average Bonchev–Trinajstić information content (AvgIpc) is 1.52. The van der Waals surface area contributed by atoms with Crippen LogP contribution in [0.25, 0.3) is 44.1 Å². The standard InChI is InChI=1S/C39H34ClF6N5O4S.C28H28ClFN4O3S.C10H7F5N2O2/c1-37(2,53)13-12-23-8-9-25(26-10-11-29(40)32-30(19-56(4,54)55)48-50(3)34(26)32)33(47-23)21(14-20-6-5-7-22(41)15-20)16-24(52)18-51-36-31(35(49-51)39(44,45)46)27-17-28(27)38(36,42)43;1-28(2,35)13-12-19-8-9-20(26(32-19)23(31)15-17-6-5-7-18(30)14-17)21-10-11-22(29)25-24(16-38(4,36)37)33-34(3)27(21)25;11-9(12)4-1-3(4)6-7(10(13,14)15)16-17(8(6)9)2-5(18)19/h5-11,15,21,27-28,53H,14,16-19H2,1-4H3;5-11,14,23,35H,15-16,31H2,1-4H3;3-4H,1-2H2,(H,18,19)/t21-,27+,28-;23-;3-,4+/m100/s1. The van der Waals surface area contributed by atoms with Crippen molar-refractivity contribution < 1.29 is 94.4 Å². The Balaban J connectivity index is 0.000000177. The summed E-state index contributed by atoms with van der Waals surface area (Å²) in [7, 11) is -3.61. The summed E-state index contributed by atoms with van der Waals surface area (Å²) in [5.74, 6) is -5.07. The highest BCUT2D eigenvalue weighted by molar-refractivity contribution is 7.90. The van der Waals surface area contributed by atoms with Crippen molar-refractivity contribution in [3.8, 4) is 45.9 Å². The quantitative estimate of drug-likeness (QED) is 0.0459. The van der Waals surface area contributed by atoms with Crippen LogP contribution in [0.5, 0.6) is 0 Å². The van der Waals surface area contributed by atoms with Gasteiger partial charge in [-0.05, 0) is 149 Å². The van der Waals surface area contributed by atoms with E-state index in [0.717, 1.165) is 12.5 Å². The Morgan fingerprint density at radius 3 is 1.39 bits per heavy atom. The van der Waals surface area contributed by atoms with Crippen molar-refractivity contribution in [2.75, 3.05) is 12.5 Å². The Bertz CT molecular complexity index is 5900. The van der Waals surface area contributed by atoms with E-state index in [2.05, 4.69) is 44.1 Å². The number of aliphatic hydroxyl groups is 2. The van der Waals surface area contributed by atoms with E-state index in [1.807, 2.05) is 12.1 Å². The number of benzene rings is 4. The highest BCUT2D eigenvalue weighted by Crippen LogP contribution is 2.70. The average molecular weight is 1660 g/mol. The molecule has 6 aromatic heterocycles. The SMILES string of the molecule is Cn1nc(CS(C)(=O)=O)c2c(Cl)ccc(-c3ccc(C#CC(C)(C)O)nc3[C@@H](CC(=O)Cn3nc(C(F)(F)F)c4c3C(F)(F)[C@@H]3C[C@H]43)Cc3cccc(F)c3)c21.Cn1nc(CS(C)(=O)=O)c2c(Cl)ccc(-c3ccc(C#CC(C)(C)O)nc3[C@@H](N)Cc3cccc(F)c3)c21.O=C(O)Cn1nc(C(F)(F)F)c2c1C(F)(F)[C@@H]1C[C@H]21. The molecule has 36 heteroatoms. The van der Waals surface area contributed by atoms with Crippen LogP contribution in [0.4, 0.5) is 52.7 Å². The number of aryl methyl sites for hydroxylation is 2. The number of rotatable bonds is 18. The van der Waals surface area contributed by atoms with Crippen LogP contribution in [0.15, 0.2) is 97.1 Å². The monoisotopic (exact) mass is 1650 g/mol. The molecule has 0 unspecified atom stereocenters. The first-order valence-corrected chi connectivity index (χ1v) is 39.5. The Morgan fingerprint density at radius 2 is 0.991 bits per heavy atom. The summed E-state index contributed by atoms with van der Waals surface area (Å²) in [6.07, 6.45) is -8.00. The summed E-state index contributed by atoms with van der Waals surface area (Å²) in [5.41, 5.74) is 4.56. The first-order chi connectivity index (χ1) is 52.4. The number of carbonyl (C=O) groups excluding carboxylic acids is 1. The normalized spacial score (nSPS) is 17.8. The molecule has 596 valence electrons. The number of alkyl halides is 10. The predicted octanol–water partition coefficient (Wildman–Crippen LogP) is 14.0. The molecule has 4 aliphatic carbocycles. The predicted molar refractivity (Wildman–Crippen MR) is 392 cm³/mol. The third-order valence-electron chi connectivity index (χ3n) is 19.2. The summed E-state index contributed by atoms with van der Waals surface area (Å²) in [6, 6.07) is 24.6. The van der Waals surface area contributed by atoms with Crippen molar-refractivity contribution in [1.82, 2.24) is 49.1 Å². The number of aromatic nitrogens is 10. The summed E-state index contributed by atoms with van der Waals surface area (Å²) >= 11 is 13.2. The minimum atomic E-state index is -5.02. The molecule has 14 rings (SSSR count). The number of fused-ring (bicyclic) bond motifs is 8. The van der Waals surface area contributed by atoms with Gasteiger partial charge in [0, 0.05) is 94.9 Å². The molecule has 4 aromatic carbocycles. The fraction of sp³-hybridized carbons (Fsp3) is 0.377. The van der Waals surface area contributed by atoms with E-state index in [4.69, 9.17) is 44.0 Å². The Morgan fingerprint density at radius 1 is 0.593 bits per heavy atom. The topological polar surface area (TPSA) is 286 Å². The Kier molecular flexibility index (Phi) is 21.9. The van der Waals surface area contributed by atoms with Crippen LogP contribution in [-0.2, 0) is 105 Å². The number of sulfone groups is 2. The second-order valence-corrected chi connectivity index (χ2v) is 34.7. The number of hydrogen-bond donors (Lipinski definition) is 4. The van der Waals surface area contributed by atoms with Crippen LogP contribution in [0.3, 0.4) is 0 Å². The zero-order valence-corrected chi connectivity index (χ0v) is 64.2. The van der Waals surface area contributed by atoms with Crippen molar-refractivity contribution >= 4 is 76.4 Å². The lowest BCUT2D eigenvalue weighted by Crippen LogP contribution is -2.24. The maximum Gasteiger partial charge on any atom is 0.435 e. The van der Waals surface area contributed by atoms with E-state index in [0.29, 0.717) is 88.4 Å². The van der Waals surface area contributed by atoms with Gasteiger partial charge < -0.3 is 21.1 Å². The smallest absolute Gasteiger partial charge is 0.435 e. The van der Waals surface area contributed by atoms with Gasteiger partial charge in [0.25, 0.3) is 11.8 Å². The van der Waals surface area contributed by atoms with Crippen LogP contribution >= 0.6 is 23.2 Å². The van der Waals surface area contributed by atoms with Crippen molar-refractivity contribution in [1.29, 1.82) is 0 Å². The maximum atomic E-state index is 15.4. The number of carbonyl (C=O) groups is 2. The van der Waals surface area contributed by atoms with Crippen LogP contribution in [0.1, 0.15) is 150 Å². The zero-order chi connectivity index (χ0) is 82.7. The van der Waals surface area contributed by atoms with Crippen LogP contribution in [0, 0.1) is 47.2 Å². The highest BCUT2D eigenvalue weighted by Gasteiger charge is 2.69. The molecule has 0 bridgehead atoms. The number of ketones is 1. The van der Waals surface area contributed by atoms with Crippen LogP contribution < -0.4 is 5.73 Å². The van der Waals surface area contributed by atoms with Gasteiger partial charge in [0.15, 0.2) is 36.8 Å². The van der Waals surface area contributed by atoms with Crippen molar-refractivity contribution in [3.05, 3.63) is 198 Å². The summed E-state index contributed by atoms with van der Waals surface area (Å²) in [6.45, 7) is 4.17. The van der Waals surface area contributed by atoms with Gasteiger partial charge in [0.1, 0.15) is 58.7 Å². The number of carboxylic acids is 1. The minimum Gasteiger partial charge on any atom is -0.480 e. The van der Waals surface area contributed by atoms with Gasteiger partial charge in [-0.15, -0.1) is 0 Å². The number of hydrogen-bond acceptors (Lipinski definition) is 15. The van der Waals surface area contributed by atoms with E-state index < -0.39 is 167 Å². The molecular weight excluding hydrogens is 1590 g/mol. The maximum absolute atomic E-state index is 15.4. The fourth-order valence-corrected chi connectivity index (χ4v) is 16.6. The summed E-state index contributed by atoms with van der Waals surface area (Å²) in [5, 5.41) is 45.9. The number of nitrogens with zero attached hydrogens (tertiary/aromatic N) is 10. The number of halogens is 14. The van der Waals surface area contributed by atoms with Crippen LogP contribution in [-0.4, -0.2) is 117 Å². The minimum absolute atomic E-state index is 0.0121. The Labute approximate surface area is 648 Å². The number of carboxylic acid groups (broad SMARTS) is 1. The lowest BCUT2D eigenvalue weighted by molar-refractivity contribution is -0.143. The second-order valence-electron chi connectivity index (χ2n) is 29.6. The first kappa shape index (κ1) is 82.8. The molecule has 0 radical (unpaired) electrons. The molecule has 113 heavy (non-hydrogen) atoms. The van der Waals surface area contributed by atoms with E-state index >= 15 is 8.78 Å². The van der Waals surface area contributed by atoms with Crippen molar-refractivity contribution in [3.63, 3.8) is 0 Å². The highest BCUT2D eigenvalue weighted by atomic mass is 35.5. The fourth-order valence-electron chi connectivity index (χ4n) is 14.7. The van der Waals surface area contributed by atoms with Crippen molar-refractivity contribution in [2.24, 2.45) is 31.7 Å². The molecule has 2 fully saturated rings. The number of aliphatic carboxylic acids is 1. The third-order valence-corrected chi connectivity index (χ3v) is 21.4. The summed E-state index contributed by atoms with van der Waals surface area (Å²) < 4.78 is 220. The van der Waals surface area contributed by atoms with Gasteiger partial charge >= 0.3 is 18.3 Å². The Hall–Kier alpha value is -9.68.